The van der Waals surface area contributed by atoms with E-state index in [2.05, 4.69) is 17.6 Å². The van der Waals surface area contributed by atoms with Gasteiger partial charge in [-0.1, -0.05) is 6.92 Å². The highest BCUT2D eigenvalue weighted by Gasteiger charge is 2.39. The second-order valence-corrected chi connectivity index (χ2v) is 6.56. The molecule has 2 rings (SSSR count). The second kappa shape index (κ2) is 7.11. The minimum absolute atomic E-state index is 0. The molecule has 0 spiro atoms. The van der Waals surface area contributed by atoms with E-state index in [9.17, 15) is 9.59 Å². The molecule has 1 saturated carbocycles. The second-order valence-electron chi connectivity index (χ2n) is 6.56. The predicted molar refractivity (Wildman–Crippen MR) is 90.2 cm³/mol. The molecule has 6 heteroatoms. The first-order chi connectivity index (χ1) is 9.76. The van der Waals surface area contributed by atoms with Crippen molar-refractivity contribution < 1.29 is 9.59 Å². The van der Waals surface area contributed by atoms with E-state index in [1.807, 2.05) is 13.8 Å². The van der Waals surface area contributed by atoms with Crippen molar-refractivity contribution in [2.45, 2.75) is 32.7 Å². The van der Waals surface area contributed by atoms with Crippen molar-refractivity contribution in [3.8, 4) is 0 Å². The molecule has 1 aliphatic carbocycles. The number of anilines is 1. The summed E-state index contributed by atoms with van der Waals surface area (Å²) in [6.45, 7) is 6.18. The van der Waals surface area contributed by atoms with Gasteiger partial charge in [0.2, 0.25) is 5.91 Å². The first kappa shape index (κ1) is 18.5. The summed E-state index contributed by atoms with van der Waals surface area (Å²) in [5.74, 6) is 0.515. The number of amides is 2. The third-order valence-electron chi connectivity index (χ3n) is 3.57. The molecule has 0 radical (unpaired) electrons. The standard InChI is InChI=1S/C16H23N3O2.ClH/c1-10-8-13(10)15(21)19-12-6-4-11(5-7-12)14(20)18-9-16(2,3)17;/h4-7,10,13H,8-9,17H2,1-3H3,(H,18,20)(H,19,21);1H. The van der Waals surface area contributed by atoms with Crippen LogP contribution in [0.5, 0.6) is 0 Å². The molecule has 2 unspecified atom stereocenters. The highest BCUT2D eigenvalue weighted by atomic mass is 35.5. The van der Waals surface area contributed by atoms with Crippen LogP contribution >= 0.6 is 12.4 Å². The number of nitrogens with two attached hydrogens (primary N) is 1. The van der Waals surface area contributed by atoms with Crippen LogP contribution in [0.4, 0.5) is 5.69 Å². The quantitative estimate of drug-likeness (QED) is 0.775. The summed E-state index contributed by atoms with van der Waals surface area (Å²) in [6, 6.07) is 6.89. The zero-order valence-corrected chi connectivity index (χ0v) is 14.0. The number of rotatable bonds is 5. The summed E-state index contributed by atoms with van der Waals surface area (Å²) < 4.78 is 0. The van der Waals surface area contributed by atoms with Gasteiger partial charge >= 0.3 is 0 Å². The largest absolute Gasteiger partial charge is 0.350 e. The van der Waals surface area contributed by atoms with Gasteiger partial charge in [-0.05, 0) is 50.5 Å². The zero-order chi connectivity index (χ0) is 15.6. The fourth-order valence-corrected chi connectivity index (χ4v) is 2.04. The Bertz CT molecular complexity index is 537. The van der Waals surface area contributed by atoms with E-state index < -0.39 is 5.54 Å². The molecule has 1 fully saturated rings. The Labute approximate surface area is 137 Å². The van der Waals surface area contributed by atoms with Crippen LogP contribution < -0.4 is 16.4 Å². The molecule has 0 saturated heterocycles. The summed E-state index contributed by atoms with van der Waals surface area (Å²) in [7, 11) is 0. The summed E-state index contributed by atoms with van der Waals surface area (Å²) in [6.07, 6.45) is 0.960. The fourth-order valence-electron chi connectivity index (χ4n) is 2.04. The Balaban J connectivity index is 0.00000242. The van der Waals surface area contributed by atoms with Crippen LogP contribution in [0.2, 0.25) is 0 Å². The van der Waals surface area contributed by atoms with E-state index in [0.29, 0.717) is 18.0 Å². The minimum Gasteiger partial charge on any atom is -0.350 e. The molecule has 5 nitrogen and oxygen atoms in total. The minimum atomic E-state index is -0.440. The van der Waals surface area contributed by atoms with E-state index in [1.54, 1.807) is 24.3 Å². The average Bonchev–Trinajstić information content (AvgIpc) is 3.13. The molecule has 4 N–H and O–H groups in total. The third kappa shape index (κ3) is 5.31. The van der Waals surface area contributed by atoms with Crippen molar-refractivity contribution in [2.75, 3.05) is 11.9 Å². The average molecular weight is 326 g/mol. The van der Waals surface area contributed by atoms with Crippen molar-refractivity contribution in [1.29, 1.82) is 0 Å². The van der Waals surface area contributed by atoms with Crippen LogP contribution in [0, 0.1) is 11.8 Å². The summed E-state index contributed by atoms with van der Waals surface area (Å²) >= 11 is 0. The van der Waals surface area contributed by atoms with Crippen molar-refractivity contribution >= 4 is 29.9 Å². The van der Waals surface area contributed by atoms with Gasteiger partial charge in [0.1, 0.15) is 0 Å². The Kier molecular flexibility index (Phi) is 5.97. The lowest BCUT2D eigenvalue weighted by Crippen LogP contribution is -2.45. The number of carbonyl (C=O) groups is 2. The number of nitrogens with one attached hydrogen (secondary N) is 2. The van der Waals surface area contributed by atoms with Crippen LogP contribution in [-0.2, 0) is 4.79 Å². The lowest BCUT2D eigenvalue weighted by Gasteiger charge is -2.18. The van der Waals surface area contributed by atoms with E-state index in [-0.39, 0.29) is 30.1 Å². The normalized spacial score (nSPS) is 19.8. The van der Waals surface area contributed by atoms with Gasteiger partial charge in [0, 0.05) is 29.3 Å². The Morgan fingerprint density at radius 1 is 1.27 bits per heavy atom. The Hall–Kier alpha value is -1.59. The molecule has 2 atom stereocenters. The molecule has 122 valence electrons. The van der Waals surface area contributed by atoms with Gasteiger partial charge in [-0.3, -0.25) is 9.59 Å². The number of hydrogen-bond acceptors (Lipinski definition) is 3. The van der Waals surface area contributed by atoms with Gasteiger partial charge in [0.25, 0.3) is 5.91 Å². The molecule has 1 aromatic rings. The predicted octanol–water partition coefficient (Wildman–Crippen LogP) is 2.17. The molecule has 0 heterocycles. The van der Waals surface area contributed by atoms with Crippen LogP contribution in [0.3, 0.4) is 0 Å². The smallest absolute Gasteiger partial charge is 0.251 e. The topological polar surface area (TPSA) is 84.2 Å². The van der Waals surface area contributed by atoms with Crippen LogP contribution in [-0.4, -0.2) is 23.9 Å². The van der Waals surface area contributed by atoms with Crippen LogP contribution in [0.25, 0.3) is 0 Å². The molecular formula is C16H24ClN3O2. The fraction of sp³-hybridized carbons (Fsp3) is 0.500. The van der Waals surface area contributed by atoms with Gasteiger partial charge in [-0.25, -0.2) is 0 Å². The highest BCUT2D eigenvalue weighted by molar-refractivity contribution is 5.97. The highest BCUT2D eigenvalue weighted by Crippen LogP contribution is 2.38. The molecule has 2 amide bonds. The van der Waals surface area contributed by atoms with E-state index in [4.69, 9.17) is 5.73 Å². The number of carbonyl (C=O) groups excluding carboxylic acids is 2. The number of hydrogen-bond donors (Lipinski definition) is 3. The lowest BCUT2D eigenvalue weighted by atomic mass is 10.1. The zero-order valence-electron chi connectivity index (χ0n) is 13.2. The van der Waals surface area contributed by atoms with Crippen molar-refractivity contribution in [3.05, 3.63) is 29.8 Å². The van der Waals surface area contributed by atoms with Gasteiger partial charge in [-0.2, -0.15) is 0 Å². The summed E-state index contributed by atoms with van der Waals surface area (Å²) in [4.78, 5) is 23.7. The lowest BCUT2D eigenvalue weighted by molar-refractivity contribution is -0.117. The van der Waals surface area contributed by atoms with Crippen molar-refractivity contribution in [2.24, 2.45) is 17.6 Å². The molecule has 1 aliphatic rings. The molecule has 0 bridgehead atoms. The summed E-state index contributed by atoms with van der Waals surface area (Å²) in [5, 5.41) is 5.65. The van der Waals surface area contributed by atoms with Gasteiger partial charge in [-0.15, -0.1) is 12.4 Å². The maximum Gasteiger partial charge on any atom is 0.251 e. The molecule has 22 heavy (non-hydrogen) atoms. The first-order valence-corrected chi connectivity index (χ1v) is 7.24. The SMILES string of the molecule is CC1CC1C(=O)Nc1ccc(C(=O)NCC(C)(C)N)cc1.Cl. The van der Waals surface area contributed by atoms with Gasteiger partial charge in [0.15, 0.2) is 0 Å². The third-order valence-corrected chi connectivity index (χ3v) is 3.57. The van der Waals surface area contributed by atoms with Crippen LogP contribution in [0.1, 0.15) is 37.6 Å². The molecular weight excluding hydrogens is 302 g/mol. The van der Waals surface area contributed by atoms with E-state index in [1.165, 1.54) is 0 Å². The molecule has 0 aliphatic heterocycles. The van der Waals surface area contributed by atoms with Gasteiger partial charge < -0.3 is 16.4 Å². The number of benzene rings is 1. The molecule has 1 aromatic carbocycles. The van der Waals surface area contributed by atoms with Crippen molar-refractivity contribution in [1.82, 2.24) is 5.32 Å². The Morgan fingerprint density at radius 2 is 1.82 bits per heavy atom. The Morgan fingerprint density at radius 3 is 2.27 bits per heavy atom. The first-order valence-electron chi connectivity index (χ1n) is 7.24. The maximum atomic E-state index is 11.9. The summed E-state index contributed by atoms with van der Waals surface area (Å²) in [5.41, 5.74) is 6.65. The monoisotopic (exact) mass is 325 g/mol. The van der Waals surface area contributed by atoms with Crippen LogP contribution in [0.15, 0.2) is 24.3 Å². The maximum absolute atomic E-state index is 11.9. The number of halogens is 1. The van der Waals surface area contributed by atoms with Crippen molar-refractivity contribution in [3.63, 3.8) is 0 Å². The van der Waals surface area contributed by atoms with E-state index in [0.717, 1.165) is 12.1 Å². The molecule has 0 aromatic heterocycles. The van der Waals surface area contributed by atoms with Gasteiger partial charge in [0.05, 0.1) is 0 Å². The van der Waals surface area contributed by atoms with E-state index >= 15 is 0 Å².